The van der Waals surface area contributed by atoms with Crippen molar-refractivity contribution in [2.45, 2.75) is 6.42 Å². The number of H-pyrrole nitrogens is 1. The monoisotopic (exact) mass is 300 g/mol. The van der Waals surface area contributed by atoms with Gasteiger partial charge in [0.25, 0.3) is 0 Å². The van der Waals surface area contributed by atoms with E-state index in [1.165, 1.54) is 0 Å². The molecule has 1 heterocycles. The Bertz CT molecular complexity index is 498. The van der Waals surface area contributed by atoms with Crippen LogP contribution in [0.2, 0.25) is 5.02 Å². The molecular weight excluding hydrogens is 291 g/mol. The highest BCUT2D eigenvalue weighted by atomic mass is 79.9. The molecular formula is C11H10BrClN2O. The molecule has 0 radical (unpaired) electrons. The van der Waals surface area contributed by atoms with Crippen LogP contribution in [0.3, 0.4) is 0 Å². The Kier molecular flexibility index (Phi) is 3.63. The van der Waals surface area contributed by atoms with Crippen LogP contribution in [0.15, 0.2) is 28.9 Å². The van der Waals surface area contributed by atoms with E-state index in [1.54, 1.807) is 0 Å². The van der Waals surface area contributed by atoms with Gasteiger partial charge in [-0.05, 0) is 28.1 Å². The Morgan fingerprint density at radius 1 is 1.38 bits per heavy atom. The van der Waals surface area contributed by atoms with E-state index in [0.29, 0.717) is 17.3 Å². The van der Waals surface area contributed by atoms with Crippen LogP contribution in [0.25, 0.3) is 11.4 Å². The zero-order valence-corrected chi connectivity index (χ0v) is 10.7. The molecule has 0 aliphatic rings. The molecule has 16 heavy (non-hydrogen) atoms. The second kappa shape index (κ2) is 4.99. The molecule has 0 aliphatic heterocycles. The number of aliphatic hydroxyl groups excluding tert-OH is 1. The Balaban J connectivity index is 2.42. The number of hydrogen-bond acceptors (Lipinski definition) is 2. The summed E-state index contributed by atoms with van der Waals surface area (Å²) in [4.78, 5) is 7.46. The molecule has 0 saturated heterocycles. The molecule has 0 fully saturated rings. The number of nitrogens with one attached hydrogen (secondary N) is 1. The van der Waals surface area contributed by atoms with Gasteiger partial charge in [0.15, 0.2) is 0 Å². The van der Waals surface area contributed by atoms with Crippen LogP contribution < -0.4 is 0 Å². The number of aliphatic hydroxyl groups is 1. The summed E-state index contributed by atoms with van der Waals surface area (Å²) in [5, 5.41) is 9.54. The van der Waals surface area contributed by atoms with Crippen LogP contribution in [0.1, 0.15) is 5.69 Å². The van der Waals surface area contributed by atoms with Gasteiger partial charge >= 0.3 is 0 Å². The van der Waals surface area contributed by atoms with Crippen molar-refractivity contribution in [3.8, 4) is 11.4 Å². The van der Waals surface area contributed by atoms with Crippen molar-refractivity contribution in [1.29, 1.82) is 0 Å². The lowest BCUT2D eigenvalue weighted by molar-refractivity contribution is 0.298. The summed E-state index contributed by atoms with van der Waals surface area (Å²) in [6.45, 7) is 0.0861. The van der Waals surface area contributed by atoms with Crippen molar-refractivity contribution >= 4 is 27.5 Å². The fourth-order valence-electron chi connectivity index (χ4n) is 1.45. The summed E-state index contributed by atoms with van der Waals surface area (Å²) in [7, 11) is 0. The first-order valence-corrected chi connectivity index (χ1v) is 5.99. The van der Waals surface area contributed by atoms with E-state index in [4.69, 9.17) is 16.7 Å². The smallest absolute Gasteiger partial charge is 0.140 e. The number of benzene rings is 1. The predicted octanol–water partition coefficient (Wildman–Crippen LogP) is 3.03. The predicted molar refractivity (Wildman–Crippen MR) is 67.5 cm³/mol. The molecule has 0 amide bonds. The van der Waals surface area contributed by atoms with Crippen LogP contribution in [-0.4, -0.2) is 21.7 Å². The molecule has 0 atom stereocenters. The van der Waals surface area contributed by atoms with Crippen molar-refractivity contribution in [2.75, 3.05) is 6.61 Å². The topological polar surface area (TPSA) is 48.9 Å². The Hall–Kier alpha value is -0.840. The van der Waals surface area contributed by atoms with Crippen molar-refractivity contribution in [3.63, 3.8) is 0 Å². The highest BCUT2D eigenvalue weighted by Gasteiger charge is 2.10. The normalized spacial score (nSPS) is 10.7. The molecule has 0 unspecified atom stereocenters. The van der Waals surface area contributed by atoms with Gasteiger partial charge in [-0.25, -0.2) is 4.98 Å². The SMILES string of the molecule is OCCc1[nH]c(-c2ccccc2Cl)nc1Br. The third-order valence-electron chi connectivity index (χ3n) is 2.22. The van der Waals surface area contributed by atoms with Crippen molar-refractivity contribution in [3.05, 3.63) is 39.6 Å². The minimum atomic E-state index is 0.0861. The zero-order chi connectivity index (χ0) is 11.5. The number of rotatable bonds is 3. The third-order valence-corrected chi connectivity index (χ3v) is 3.20. The first kappa shape index (κ1) is 11.6. The largest absolute Gasteiger partial charge is 0.396 e. The van der Waals surface area contributed by atoms with E-state index in [0.717, 1.165) is 15.9 Å². The van der Waals surface area contributed by atoms with Gasteiger partial charge in [-0.15, -0.1) is 0 Å². The van der Waals surface area contributed by atoms with Gasteiger partial charge in [-0.2, -0.15) is 0 Å². The second-order valence-electron chi connectivity index (χ2n) is 3.31. The summed E-state index contributed by atoms with van der Waals surface area (Å²) >= 11 is 9.42. The summed E-state index contributed by atoms with van der Waals surface area (Å²) in [5.74, 6) is 0.709. The summed E-state index contributed by atoms with van der Waals surface area (Å²) in [6, 6.07) is 7.50. The third kappa shape index (κ3) is 2.29. The van der Waals surface area contributed by atoms with Crippen LogP contribution >= 0.6 is 27.5 Å². The molecule has 0 bridgehead atoms. The molecule has 2 aromatic rings. The molecule has 0 saturated carbocycles. The number of aromatic nitrogens is 2. The quantitative estimate of drug-likeness (QED) is 0.915. The minimum Gasteiger partial charge on any atom is -0.396 e. The Morgan fingerprint density at radius 2 is 2.12 bits per heavy atom. The molecule has 0 aliphatic carbocycles. The maximum absolute atomic E-state index is 8.88. The lowest BCUT2D eigenvalue weighted by atomic mass is 10.2. The summed E-state index contributed by atoms with van der Waals surface area (Å²) in [6.07, 6.45) is 0.540. The number of aromatic amines is 1. The fourth-order valence-corrected chi connectivity index (χ4v) is 2.15. The molecule has 2 N–H and O–H groups in total. The average Bonchev–Trinajstić information content (AvgIpc) is 2.61. The molecule has 0 spiro atoms. The number of nitrogens with zero attached hydrogens (tertiary/aromatic N) is 1. The van der Waals surface area contributed by atoms with Crippen LogP contribution in [-0.2, 0) is 6.42 Å². The summed E-state index contributed by atoms with van der Waals surface area (Å²) in [5.41, 5.74) is 1.73. The van der Waals surface area contributed by atoms with E-state index >= 15 is 0 Å². The highest BCUT2D eigenvalue weighted by molar-refractivity contribution is 9.10. The van der Waals surface area contributed by atoms with Gasteiger partial charge in [-0.3, -0.25) is 0 Å². The van der Waals surface area contributed by atoms with E-state index in [1.807, 2.05) is 24.3 Å². The van der Waals surface area contributed by atoms with Gasteiger partial charge in [0.2, 0.25) is 0 Å². The molecule has 5 heteroatoms. The van der Waals surface area contributed by atoms with Crippen LogP contribution in [0.5, 0.6) is 0 Å². The lowest BCUT2D eigenvalue weighted by Gasteiger charge is -1.98. The second-order valence-corrected chi connectivity index (χ2v) is 4.47. The fraction of sp³-hybridized carbons (Fsp3) is 0.182. The first-order chi connectivity index (χ1) is 7.72. The Morgan fingerprint density at radius 3 is 2.81 bits per heavy atom. The van der Waals surface area contributed by atoms with Gasteiger partial charge in [0.05, 0.1) is 10.7 Å². The van der Waals surface area contributed by atoms with E-state index in [9.17, 15) is 0 Å². The van der Waals surface area contributed by atoms with Gasteiger partial charge in [0, 0.05) is 18.6 Å². The maximum Gasteiger partial charge on any atom is 0.140 e. The van der Waals surface area contributed by atoms with E-state index in [-0.39, 0.29) is 6.61 Å². The van der Waals surface area contributed by atoms with Crippen molar-refractivity contribution < 1.29 is 5.11 Å². The average molecular weight is 302 g/mol. The van der Waals surface area contributed by atoms with Crippen LogP contribution in [0, 0.1) is 0 Å². The molecule has 2 rings (SSSR count). The van der Waals surface area contributed by atoms with Crippen LogP contribution in [0.4, 0.5) is 0 Å². The molecule has 84 valence electrons. The maximum atomic E-state index is 8.88. The number of imidazole rings is 1. The van der Waals surface area contributed by atoms with Gasteiger partial charge in [-0.1, -0.05) is 23.7 Å². The molecule has 1 aromatic heterocycles. The van der Waals surface area contributed by atoms with E-state index < -0.39 is 0 Å². The molecule has 3 nitrogen and oxygen atoms in total. The van der Waals surface area contributed by atoms with Gasteiger partial charge < -0.3 is 10.1 Å². The molecule has 1 aromatic carbocycles. The van der Waals surface area contributed by atoms with Gasteiger partial charge in [0.1, 0.15) is 10.4 Å². The standard InChI is InChI=1S/C11H10BrClN2O/c12-10-9(5-6-16)14-11(15-10)7-3-1-2-4-8(7)13/h1-4,16H,5-6H2,(H,14,15). The van der Waals surface area contributed by atoms with Crippen molar-refractivity contribution in [1.82, 2.24) is 9.97 Å². The lowest BCUT2D eigenvalue weighted by Crippen LogP contribution is -1.91. The van der Waals surface area contributed by atoms with Crippen molar-refractivity contribution in [2.24, 2.45) is 0 Å². The number of halogens is 2. The van der Waals surface area contributed by atoms with E-state index in [2.05, 4.69) is 25.9 Å². The highest BCUT2D eigenvalue weighted by Crippen LogP contribution is 2.27. The first-order valence-electron chi connectivity index (χ1n) is 4.82. The Labute approximate surface area is 107 Å². The zero-order valence-electron chi connectivity index (χ0n) is 8.37. The number of hydrogen-bond donors (Lipinski definition) is 2. The minimum absolute atomic E-state index is 0.0861. The summed E-state index contributed by atoms with van der Waals surface area (Å²) < 4.78 is 0.719.